The quantitative estimate of drug-likeness (QED) is 0.231. The second-order valence-corrected chi connectivity index (χ2v) is 12.0. The summed E-state index contributed by atoms with van der Waals surface area (Å²) in [5.41, 5.74) is 3.19. The van der Waals surface area contributed by atoms with Gasteiger partial charge in [-0.1, -0.05) is 83.8 Å². The van der Waals surface area contributed by atoms with Gasteiger partial charge >= 0.3 is 0 Å². The van der Waals surface area contributed by atoms with Gasteiger partial charge in [-0.25, -0.2) is 12.8 Å². The van der Waals surface area contributed by atoms with Crippen LogP contribution in [0.25, 0.3) is 0 Å². The summed E-state index contributed by atoms with van der Waals surface area (Å²) in [6.45, 7) is 7.34. The normalized spacial score (nSPS) is 14.1. The second-order valence-electron chi connectivity index (χ2n) is 10.3. The van der Waals surface area contributed by atoms with E-state index in [0.29, 0.717) is 0 Å². The summed E-state index contributed by atoms with van der Waals surface area (Å²) >= 11 is 0. The van der Waals surface area contributed by atoms with Crippen LogP contribution in [0.1, 0.15) is 101 Å². The lowest BCUT2D eigenvalue weighted by Crippen LogP contribution is -2.31. The first-order valence-corrected chi connectivity index (χ1v) is 15.6. The van der Waals surface area contributed by atoms with Gasteiger partial charge in [-0.3, -0.25) is 9.62 Å². The second kappa shape index (κ2) is 14.7. The van der Waals surface area contributed by atoms with Crippen LogP contribution in [0.5, 0.6) is 0 Å². The standard InChI is InChI=1S/C30H45FN2O2S/c1-3-5-7-9-11-13-20-33-21-19-26-23-28(17-16-27(26)24-33)36(34,35)32-30-18-15-25(22-29(30)31)14-12-10-8-6-4-2/h15-18,22-23,32H,3-14,19-21,24H2,1-2H3. The largest absolute Gasteiger partial charge is 0.299 e. The summed E-state index contributed by atoms with van der Waals surface area (Å²) in [6.07, 6.45) is 15.2. The van der Waals surface area contributed by atoms with E-state index in [1.807, 2.05) is 12.1 Å². The first-order valence-electron chi connectivity index (χ1n) is 14.1. The van der Waals surface area contributed by atoms with Crippen LogP contribution in [0.4, 0.5) is 10.1 Å². The smallest absolute Gasteiger partial charge is 0.261 e. The van der Waals surface area contributed by atoms with E-state index in [1.165, 1.54) is 69.4 Å². The molecule has 0 fully saturated rings. The lowest BCUT2D eigenvalue weighted by molar-refractivity contribution is 0.248. The highest BCUT2D eigenvalue weighted by Gasteiger charge is 2.21. The zero-order valence-electron chi connectivity index (χ0n) is 22.3. The van der Waals surface area contributed by atoms with Crippen LogP contribution in [0.15, 0.2) is 41.3 Å². The zero-order valence-corrected chi connectivity index (χ0v) is 23.1. The van der Waals surface area contributed by atoms with Crippen LogP contribution in [0, 0.1) is 5.82 Å². The van der Waals surface area contributed by atoms with E-state index in [1.54, 1.807) is 18.2 Å². The number of fused-ring (bicyclic) bond motifs is 1. The number of nitrogens with zero attached hydrogens (tertiary/aromatic N) is 1. The van der Waals surface area contributed by atoms with Crippen molar-refractivity contribution in [3.8, 4) is 0 Å². The summed E-state index contributed by atoms with van der Waals surface area (Å²) in [7, 11) is -3.85. The Morgan fingerprint density at radius 3 is 2.25 bits per heavy atom. The predicted molar refractivity (Wildman–Crippen MR) is 148 cm³/mol. The van der Waals surface area contributed by atoms with E-state index in [4.69, 9.17) is 0 Å². The van der Waals surface area contributed by atoms with Gasteiger partial charge in [0.15, 0.2) is 0 Å². The Labute approximate surface area is 218 Å². The number of anilines is 1. The summed E-state index contributed by atoms with van der Waals surface area (Å²) in [4.78, 5) is 2.67. The maximum Gasteiger partial charge on any atom is 0.261 e. The highest BCUT2D eigenvalue weighted by Crippen LogP contribution is 2.26. The van der Waals surface area contributed by atoms with Crippen molar-refractivity contribution in [2.45, 2.75) is 109 Å². The maximum atomic E-state index is 14.7. The molecule has 36 heavy (non-hydrogen) atoms. The van der Waals surface area contributed by atoms with Gasteiger partial charge in [0.2, 0.25) is 0 Å². The molecule has 1 aliphatic heterocycles. The molecule has 4 nitrogen and oxygen atoms in total. The number of unbranched alkanes of at least 4 members (excludes halogenated alkanes) is 9. The lowest BCUT2D eigenvalue weighted by Gasteiger charge is -2.29. The fourth-order valence-corrected chi connectivity index (χ4v) is 6.11. The first kappa shape index (κ1) is 28.6. The Hall–Kier alpha value is -1.92. The molecule has 0 aliphatic carbocycles. The van der Waals surface area contributed by atoms with E-state index < -0.39 is 15.8 Å². The molecule has 0 unspecified atom stereocenters. The summed E-state index contributed by atoms with van der Waals surface area (Å²) in [6, 6.07) is 10.2. The molecule has 1 heterocycles. The molecule has 0 aromatic heterocycles. The lowest BCUT2D eigenvalue weighted by atomic mass is 9.99. The number of sulfonamides is 1. The van der Waals surface area contributed by atoms with Crippen LogP contribution in [0.2, 0.25) is 0 Å². The molecule has 1 N–H and O–H groups in total. The van der Waals surface area contributed by atoms with Gasteiger partial charge in [0.25, 0.3) is 10.0 Å². The minimum absolute atomic E-state index is 0.00701. The SMILES string of the molecule is CCCCCCCCN1CCc2cc(S(=O)(=O)Nc3ccc(CCCCCCC)cc3F)ccc2C1. The van der Waals surface area contributed by atoms with Crippen LogP contribution in [-0.4, -0.2) is 26.4 Å². The third-order valence-corrected chi connectivity index (χ3v) is 8.62. The van der Waals surface area contributed by atoms with Crippen molar-refractivity contribution >= 4 is 15.7 Å². The van der Waals surface area contributed by atoms with Crippen LogP contribution < -0.4 is 4.72 Å². The highest BCUT2D eigenvalue weighted by molar-refractivity contribution is 7.92. The van der Waals surface area contributed by atoms with Crippen molar-refractivity contribution < 1.29 is 12.8 Å². The molecule has 2 aromatic carbocycles. The van der Waals surface area contributed by atoms with Crippen molar-refractivity contribution in [2.75, 3.05) is 17.8 Å². The third kappa shape index (κ3) is 8.88. The molecule has 6 heteroatoms. The molecule has 2 aromatic rings. The van der Waals surface area contributed by atoms with Crippen molar-refractivity contribution in [1.82, 2.24) is 4.90 Å². The fourth-order valence-electron chi connectivity index (χ4n) is 4.99. The van der Waals surface area contributed by atoms with Gasteiger partial charge in [0.1, 0.15) is 5.82 Å². The summed E-state index contributed by atoms with van der Waals surface area (Å²) in [5, 5.41) is 0. The van der Waals surface area contributed by atoms with Crippen molar-refractivity contribution in [3.05, 3.63) is 58.9 Å². The predicted octanol–water partition coefficient (Wildman–Crippen LogP) is 7.86. The average Bonchev–Trinajstić information content (AvgIpc) is 2.87. The van der Waals surface area contributed by atoms with Gasteiger partial charge < -0.3 is 0 Å². The molecular weight excluding hydrogens is 471 g/mol. The summed E-state index contributed by atoms with van der Waals surface area (Å²) < 4.78 is 43.2. The van der Waals surface area contributed by atoms with Crippen LogP contribution in [-0.2, 0) is 29.4 Å². The minimum Gasteiger partial charge on any atom is -0.299 e. The van der Waals surface area contributed by atoms with E-state index in [9.17, 15) is 12.8 Å². The van der Waals surface area contributed by atoms with Crippen molar-refractivity contribution in [1.29, 1.82) is 0 Å². The minimum atomic E-state index is -3.85. The topological polar surface area (TPSA) is 49.4 Å². The van der Waals surface area contributed by atoms with Crippen LogP contribution in [0.3, 0.4) is 0 Å². The molecule has 0 spiro atoms. The molecule has 0 amide bonds. The Bertz CT molecular complexity index is 1050. The Balaban J connectivity index is 1.54. The van der Waals surface area contributed by atoms with Gasteiger partial charge in [-0.15, -0.1) is 0 Å². The third-order valence-electron chi connectivity index (χ3n) is 7.25. The number of benzene rings is 2. The highest BCUT2D eigenvalue weighted by atomic mass is 32.2. The van der Waals surface area contributed by atoms with Crippen LogP contribution >= 0.6 is 0 Å². The number of hydrogen-bond acceptors (Lipinski definition) is 3. The molecule has 0 bridgehead atoms. The van der Waals surface area contributed by atoms with Gasteiger partial charge in [0, 0.05) is 13.1 Å². The van der Waals surface area contributed by atoms with Gasteiger partial charge in [0.05, 0.1) is 10.6 Å². The number of halogens is 1. The molecule has 1 aliphatic rings. The first-order chi connectivity index (χ1) is 17.4. The maximum absolute atomic E-state index is 14.7. The number of aryl methyl sites for hydroxylation is 1. The Morgan fingerprint density at radius 1 is 0.833 bits per heavy atom. The van der Waals surface area contributed by atoms with E-state index in [2.05, 4.69) is 23.5 Å². The molecule has 200 valence electrons. The average molecular weight is 517 g/mol. The van der Waals surface area contributed by atoms with Crippen molar-refractivity contribution in [3.63, 3.8) is 0 Å². The molecular formula is C30H45FN2O2S. The summed E-state index contributed by atoms with van der Waals surface area (Å²) in [5.74, 6) is -0.520. The molecule has 0 saturated heterocycles. The Morgan fingerprint density at radius 2 is 1.53 bits per heavy atom. The van der Waals surface area contributed by atoms with Crippen molar-refractivity contribution in [2.24, 2.45) is 0 Å². The fraction of sp³-hybridized carbons (Fsp3) is 0.600. The number of nitrogens with one attached hydrogen (secondary N) is 1. The molecule has 0 atom stereocenters. The van der Waals surface area contributed by atoms with Gasteiger partial charge in [-0.2, -0.15) is 0 Å². The van der Waals surface area contributed by atoms with E-state index in [-0.39, 0.29) is 10.6 Å². The number of hydrogen-bond donors (Lipinski definition) is 1. The van der Waals surface area contributed by atoms with E-state index >= 15 is 0 Å². The zero-order chi connectivity index (χ0) is 25.8. The van der Waals surface area contributed by atoms with E-state index in [0.717, 1.165) is 56.4 Å². The molecule has 0 radical (unpaired) electrons. The molecule has 3 rings (SSSR count). The number of rotatable bonds is 16. The molecule has 0 saturated carbocycles. The monoisotopic (exact) mass is 516 g/mol. The Kier molecular flexibility index (Phi) is 11.7. The van der Waals surface area contributed by atoms with Gasteiger partial charge in [-0.05, 0) is 73.2 Å².